The summed E-state index contributed by atoms with van der Waals surface area (Å²) in [4.78, 5) is 19.4. The third kappa shape index (κ3) is 3.11. The van der Waals surface area contributed by atoms with Gasteiger partial charge in [0.15, 0.2) is 11.2 Å². The van der Waals surface area contributed by atoms with Crippen LogP contribution in [0.5, 0.6) is 0 Å². The third-order valence-electron chi connectivity index (χ3n) is 2.92. The Morgan fingerprint density at radius 2 is 2.05 bits per heavy atom. The lowest BCUT2D eigenvalue weighted by molar-refractivity contribution is -0.114. The molecule has 0 aliphatic carbocycles. The lowest BCUT2D eigenvalue weighted by Crippen LogP contribution is -2.03. The fraction of sp³-hybridized carbons (Fsp3) is 0.214. The molecule has 0 atom stereocenters. The zero-order valence-corrected chi connectivity index (χ0v) is 12.5. The highest BCUT2D eigenvalue weighted by atomic mass is 32.2. The van der Waals surface area contributed by atoms with Crippen molar-refractivity contribution in [1.82, 2.24) is 25.0 Å². The first-order chi connectivity index (χ1) is 10.6. The highest BCUT2D eigenvalue weighted by molar-refractivity contribution is 8.00. The average Bonchev–Trinajstić information content (AvgIpc) is 2.91. The molecule has 0 radical (unpaired) electrons. The summed E-state index contributed by atoms with van der Waals surface area (Å²) in [6.07, 6.45) is 1.43. The molecule has 3 rings (SSSR count). The van der Waals surface area contributed by atoms with E-state index in [1.165, 1.54) is 37.1 Å². The Morgan fingerprint density at radius 1 is 1.27 bits per heavy atom. The van der Waals surface area contributed by atoms with Crippen LogP contribution in [-0.4, -0.2) is 36.5 Å². The van der Waals surface area contributed by atoms with Crippen LogP contribution in [0.2, 0.25) is 0 Å². The Balaban J connectivity index is 1.90. The van der Waals surface area contributed by atoms with E-state index in [-0.39, 0.29) is 11.6 Å². The van der Waals surface area contributed by atoms with Gasteiger partial charge in [-0.2, -0.15) is 0 Å². The van der Waals surface area contributed by atoms with Gasteiger partial charge in [0, 0.05) is 0 Å². The Labute approximate surface area is 129 Å². The summed E-state index contributed by atoms with van der Waals surface area (Å²) in [6.45, 7) is 1.96. The summed E-state index contributed by atoms with van der Waals surface area (Å²) >= 11 is 1.31. The zero-order valence-electron chi connectivity index (χ0n) is 11.7. The van der Waals surface area contributed by atoms with E-state index in [2.05, 4.69) is 20.3 Å². The largest absolute Gasteiger partial charge is 0.299 e. The zero-order chi connectivity index (χ0) is 15.5. The number of rotatable bonds is 5. The summed E-state index contributed by atoms with van der Waals surface area (Å²) in [7, 11) is 0. The van der Waals surface area contributed by atoms with Gasteiger partial charge in [0.25, 0.3) is 0 Å². The molecule has 0 N–H and O–H groups in total. The number of aromatic nitrogens is 5. The number of fused-ring (bicyclic) bond motifs is 1. The van der Waals surface area contributed by atoms with Crippen molar-refractivity contribution in [3.63, 3.8) is 0 Å². The molecule has 0 fully saturated rings. The number of nitrogens with zero attached hydrogens (tertiary/aromatic N) is 5. The molecule has 0 saturated carbocycles. The molecule has 1 aromatic carbocycles. The molecule has 22 heavy (non-hydrogen) atoms. The molecule has 0 unspecified atom stereocenters. The van der Waals surface area contributed by atoms with Crippen molar-refractivity contribution >= 4 is 28.7 Å². The average molecular weight is 317 g/mol. The summed E-state index contributed by atoms with van der Waals surface area (Å²) < 4.78 is 14.6. The van der Waals surface area contributed by atoms with Gasteiger partial charge in [-0.3, -0.25) is 4.79 Å². The summed E-state index contributed by atoms with van der Waals surface area (Å²) in [5.41, 5.74) is 2.05. The minimum Gasteiger partial charge on any atom is -0.299 e. The number of ketones is 1. The minimum atomic E-state index is -0.280. The second-order valence-corrected chi connectivity index (χ2v) is 5.68. The van der Waals surface area contributed by atoms with Crippen LogP contribution in [0.15, 0.2) is 35.6 Å². The number of thioether (sulfide) groups is 1. The maximum Gasteiger partial charge on any atom is 0.183 e. The number of Topliss-reactive ketones (excluding diaryl/α,β-unsaturated/α-hetero) is 1. The number of carbonyl (C=O) groups is 1. The van der Waals surface area contributed by atoms with Gasteiger partial charge in [-0.1, -0.05) is 29.1 Å². The predicted molar refractivity (Wildman–Crippen MR) is 80.0 cm³/mol. The fourth-order valence-electron chi connectivity index (χ4n) is 1.92. The normalized spacial score (nSPS) is 11.0. The molecule has 0 bridgehead atoms. The van der Waals surface area contributed by atoms with E-state index < -0.39 is 0 Å². The van der Waals surface area contributed by atoms with E-state index in [1.807, 2.05) is 0 Å². The lowest BCUT2D eigenvalue weighted by Gasteiger charge is -2.02. The van der Waals surface area contributed by atoms with Crippen molar-refractivity contribution in [2.45, 2.75) is 18.5 Å². The van der Waals surface area contributed by atoms with Gasteiger partial charge in [-0.05, 0) is 24.6 Å². The molecule has 8 heteroatoms. The standard InChI is InChI=1S/C14H12FN5OS/c1-9(21)7-22-14-12-13(16-8-17-14)20(19-18-12)6-10-2-4-11(15)5-3-10/h2-5,8H,6-7H2,1H3. The van der Waals surface area contributed by atoms with E-state index in [0.29, 0.717) is 28.5 Å². The minimum absolute atomic E-state index is 0.0652. The van der Waals surface area contributed by atoms with Crippen LogP contribution in [0.4, 0.5) is 4.39 Å². The van der Waals surface area contributed by atoms with Crippen molar-refractivity contribution in [2.75, 3.05) is 5.75 Å². The van der Waals surface area contributed by atoms with Crippen LogP contribution in [-0.2, 0) is 11.3 Å². The number of hydrogen-bond acceptors (Lipinski definition) is 6. The first-order valence-corrected chi connectivity index (χ1v) is 7.53. The highest BCUT2D eigenvalue weighted by Gasteiger charge is 2.13. The first kappa shape index (κ1) is 14.6. The molecule has 112 valence electrons. The molecule has 0 spiro atoms. The summed E-state index contributed by atoms with van der Waals surface area (Å²) in [5.74, 6) is 0.115. The number of benzene rings is 1. The molecule has 0 aliphatic heterocycles. The monoisotopic (exact) mass is 317 g/mol. The molecule has 6 nitrogen and oxygen atoms in total. The Bertz CT molecular complexity index is 818. The number of hydrogen-bond donors (Lipinski definition) is 0. The number of halogens is 1. The maximum atomic E-state index is 12.9. The van der Waals surface area contributed by atoms with E-state index in [1.54, 1.807) is 16.8 Å². The summed E-state index contributed by atoms with van der Waals surface area (Å²) in [5, 5.41) is 8.80. The van der Waals surface area contributed by atoms with E-state index in [4.69, 9.17) is 0 Å². The maximum absolute atomic E-state index is 12.9. The molecule has 2 heterocycles. The smallest absolute Gasteiger partial charge is 0.183 e. The molecule has 2 aromatic heterocycles. The Hall–Kier alpha value is -2.35. The van der Waals surface area contributed by atoms with Gasteiger partial charge in [0.05, 0.1) is 12.3 Å². The van der Waals surface area contributed by atoms with Gasteiger partial charge in [-0.25, -0.2) is 19.0 Å². The van der Waals surface area contributed by atoms with E-state index >= 15 is 0 Å². The van der Waals surface area contributed by atoms with Crippen LogP contribution < -0.4 is 0 Å². The third-order valence-corrected chi connectivity index (χ3v) is 4.05. The van der Waals surface area contributed by atoms with Crippen LogP contribution in [0.1, 0.15) is 12.5 Å². The van der Waals surface area contributed by atoms with Gasteiger partial charge in [0.2, 0.25) is 0 Å². The van der Waals surface area contributed by atoms with Crippen LogP contribution in [0.3, 0.4) is 0 Å². The molecular weight excluding hydrogens is 305 g/mol. The molecule has 0 saturated heterocycles. The number of carbonyl (C=O) groups excluding carboxylic acids is 1. The van der Waals surface area contributed by atoms with Crippen LogP contribution >= 0.6 is 11.8 Å². The molecule has 3 aromatic rings. The van der Waals surface area contributed by atoms with Gasteiger partial charge in [-0.15, -0.1) is 5.10 Å². The van der Waals surface area contributed by atoms with Gasteiger partial charge < -0.3 is 0 Å². The van der Waals surface area contributed by atoms with E-state index in [9.17, 15) is 9.18 Å². The fourth-order valence-corrected chi connectivity index (χ4v) is 2.65. The van der Waals surface area contributed by atoms with Crippen molar-refractivity contribution in [1.29, 1.82) is 0 Å². The van der Waals surface area contributed by atoms with Gasteiger partial charge >= 0.3 is 0 Å². The topological polar surface area (TPSA) is 73.6 Å². The van der Waals surface area contributed by atoms with Crippen molar-refractivity contribution in [3.05, 3.63) is 42.0 Å². The van der Waals surface area contributed by atoms with Crippen molar-refractivity contribution < 1.29 is 9.18 Å². The quantitative estimate of drug-likeness (QED) is 0.530. The van der Waals surface area contributed by atoms with E-state index in [0.717, 1.165) is 5.56 Å². The second kappa shape index (κ2) is 6.18. The Kier molecular flexibility index (Phi) is 4.10. The Morgan fingerprint density at radius 3 is 2.77 bits per heavy atom. The lowest BCUT2D eigenvalue weighted by atomic mass is 10.2. The van der Waals surface area contributed by atoms with Crippen LogP contribution in [0, 0.1) is 5.82 Å². The second-order valence-electron chi connectivity index (χ2n) is 4.72. The first-order valence-electron chi connectivity index (χ1n) is 6.54. The molecule has 0 amide bonds. The van der Waals surface area contributed by atoms with Crippen molar-refractivity contribution in [3.8, 4) is 0 Å². The summed E-state index contributed by atoms with van der Waals surface area (Å²) in [6, 6.07) is 6.18. The SMILES string of the molecule is CC(=O)CSc1ncnc2c1nnn2Cc1ccc(F)cc1. The molecular formula is C14H12FN5OS. The van der Waals surface area contributed by atoms with Crippen LogP contribution in [0.25, 0.3) is 11.2 Å². The van der Waals surface area contributed by atoms with Crippen molar-refractivity contribution in [2.24, 2.45) is 0 Å². The van der Waals surface area contributed by atoms with Gasteiger partial charge in [0.1, 0.15) is 23.0 Å². The predicted octanol–water partition coefficient (Wildman–Crippen LogP) is 2.09. The highest BCUT2D eigenvalue weighted by Crippen LogP contribution is 2.22. The molecule has 0 aliphatic rings.